The zero-order valence-electron chi connectivity index (χ0n) is 6.98. The van der Waals surface area contributed by atoms with Gasteiger partial charge in [-0.2, -0.15) is 0 Å². The number of hydrogen-bond acceptors (Lipinski definition) is 3. The number of aliphatic carboxylic acids is 1. The third-order valence-electron chi connectivity index (χ3n) is 1.58. The lowest BCUT2D eigenvalue weighted by atomic mass is 10.1. The van der Waals surface area contributed by atoms with Crippen LogP contribution in [0.4, 0.5) is 0 Å². The van der Waals surface area contributed by atoms with Crippen molar-refractivity contribution in [3.63, 3.8) is 0 Å². The molecule has 0 radical (unpaired) electrons. The van der Waals surface area contributed by atoms with E-state index in [1.165, 1.54) is 18.2 Å². The van der Waals surface area contributed by atoms with Crippen LogP contribution in [0, 0.1) is 0 Å². The van der Waals surface area contributed by atoms with Crippen LogP contribution in [0.3, 0.4) is 0 Å². The van der Waals surface area contributed by atoms with E-state index in [0.717, 1.165) is 0 Å². The largest absolute Gasteiger partial charge is 0.508 e. The van der Waals surface area contributed by atoms with Crippen LogP contribution in [0.1, 0.15) is 11.6 Å². The number of halogens is 2. The highest BCUT2D eigenvalue weighted by molar-refractivity contribution is 6.31. The molecule has 0 spiro atoms. The minimum Gasteiger partial charge on any atom is -0.508 e. The Morgan fingerprint density at radius 3 is 2.57 bits per heavy atom. The van der Waals surface area contributed by atoms with Crippen molar-refractivity contribution in [2.75, 3.05) is 0 Å². The average molecular weight is 238 g/mol. The van der Waals surface area contributed by atoms with E-state index in [4.69, 9.17) is 27.5 Å². The summed E-state index contributed by atoms with van der Waals surface area (Å²) in [5.41, 5.74) is 5.52. The van der Waals surface area contributed by atoms with Crippen molar-refractivity contribution in [1.29, 1.82) is 0 Å². The van der Waals surface area contributed by atoms with Gasteiger partial charge in [0.1, 0.15) is 11.8 Å². The molecule has 0 aromatic heterocycles. The van der Waals surface area contributed by atoms with Gasteiger partial charge in [0.25, 0.3) is 0 Å². The summed E-state index contributed by atoms with van der Waals surface area (Å²) in [6.45, 7) is 0. The SMILES string of the molecule is Cl.NC(C(=O)O)c1cc(O)ccc1Cl. The number of nitrogens with two attached hydrogens (primary N) is 1. The van der Waals surface area contributed by atoms with E-state index in [2.05, 4.69) is 0 Å². The highest BCUT2D eigenvalue weighted by Crippen LogP contribution is 2.25. The predicted molar refractivity (Wildman–Crippen MR) is 54.9 cm³/mol. The van der Waals surface area contributed by atoms with Gasteiger partial charge in [-0.1, -0.05) is 11.6 Å². The molecule has 0 amide bonds. The zero-order chi connectivity index (χ0) is 10.0. The maximum atomic E-state index is 10.5. The monoisotopic (exact) mass is 237 g/mol. The van der Waals surface area contributed by atoms with Gasteiger partial charge < -0.3 is 15.9 Å². The van der Waals surface area contributed by atoms with Crippen molar-refractivity contribution in [2.45, 2.75) is 6.04 Å². The van der Waals surface area contributed by atoms with Crippen molar-refractivity contribution in [2.24, 2.45) is 5.73 Å². The first-order valence-electron chi connectivity index (χ1n) is 3.49. The van der Waals surface area contributed by atoms with E-state index in [1.54, 1.807) is 0 Å². The molecule has 14 heavy (non-hydrogen) atoms. The quantitative estimate of drug-likeness (QED) is 0.729. The first kappa shape index (κ1) is 13.0. The standard InChI is InChI=1S/C8H8ClNO3.ClH/c9-6-2-1-4(11)3-5(6)7(10)8(12)13;/h1-3,7,11H,10H2,(H,12,13);1H. The van der Waals surface area contributed by atoms with Gasteiger partial charge in [-0.15, -0.1) is 12.4 Å². The first-order chi connectivity index (χ1) is 6.02. The fraction of sp³-hybridized carbons (Fsp3) is 0.125. The lowest BCUT2D eigenvalue weighted by Gasteiger charge is -2.08. The Balaban J connectivity index is 0.00000169. The van der Waals surface area contributed by atoms with Crippen LogP contribution in [0.15, 0.2) is 18.2 Å². The molecule has 1 rings (SSSR count). The molecule has 4 N–H and O–H groups in total. The molecule has 0 aliphatic heterocycles. The Morgan fingerprint density at radius 2 is 2.07 bits per heavy atom. The number of carboxylic acid groups (broad SMARTS) is 1. The second kappa shape index (κ2) is 5.05. The summed E-state index contributed by atoms with van der Waals surface area (Å²) < 4.78 is 0. The number of rotatable bonds is 2. The van der Waals surface area contributed by atoms with E-state index in [9.17, 15) is 4.79 Å². The van der Waals surface area contributed by atoms with Crippen molar-refractivity contribution >= 4 is 30.0 Å². The van der Waals surface area contributed by atoms with E-state index in [1.807, 2.05) is 0 Å². The van der Waals surface area contributed by atoms with Crippen molar-refractivity contribution in [3.05, 3.63) is 28.8 Å². The minimum atomic E-state index is -1.21. The Morgan fingerprint density at radius 1 is 1.50 bits per heavy atom. The summed E-state index contributed by atoms with van der Waals surface area (Å²) in [5, 5.41) is 17.9. The van der Waals surface area contributed by atoms with E-state index in [-0.39, 0.29) is 28.7 Å². The molecule has 1 aromatic carbocycles. The fourth-order valence-corrected chi connectivity index (χ4v) is 1.14. The molecule has 78 valence electrons. The van der Waals surface area contributed by atoms with E-state index in [0.29, 0.717) is 0 Å². The predicted octanol–water partition coefficient (Wildman–Crippen LogP) is 1.55. The van der Waals surface area contributed by atoms with Gasteiger partial charge in [-0.3, -0.25) is 4.79 Å². The van der Waals surface area contributed by atoms with E-state index < -0.39 is 12.0 Å². The maximum absolute atomic E-state index is 10.5. The van der Waals surface area contributed by atoms with Crippen molar-refractivity contribution in [3.8, 4) is 5.75 Å². The third-order valence-corrected chi connectivity index (χ3v) is 1.92. The summed E-state index contributed by atoms with van der Waals surface area (Å²) in [5.74, 6) is -1.25. The van der Waals surface area contributed by atoms with Gasteiger partial charge in [0.05, 0.1) is 0 Å². The zero-order valence-corrected chi connectivity index (χ0v) is 8.55. The second-order valence-corrected chi connectivity index (χ2v) is 2.93. The van der Waals surface area contributed by atoms with Gasteiger partial charge in [-0.25, -0.2) is 0 Å². The van der Waals surface area contributed by atoms with Gasteiger partial charge >= 0.3 is 5.97 Å². The van der Waals surface area contributed by atoms with Gasteiger partial charge in [0.2, 0.25) is 0 Å². The summed E-state index contributed by atoms with van der Waals surface area (Å²) in [7, 11) is 0. The van der Waals surface area contributed by atoms with Crippen LogP contribution in [-0.4, -0.2) is 16.2 Å². The molecule has 4 nitrogen and oxygen atoms in total. The second-order valence-electron chi connectivity index (χ2n) is 2.52. The molecule has 0 bridgehead atoms. The van der Waals surface area contributed by atoms with Gasteiger partial charge in [-0.05, 0) is 18.2 Å². The van der Waals surface area contributed by atoms with Crippen LogP contribution in [0.25, 0.3) is 0 Å². The lowest BCUT2D eigenvalue weighted by molar-refractivity contribution is -0.138. The number of carboxylic acids is 1. The normalized spacial score (nSPS) is 11.6. The highest BCUT2D eigenvalue weighted by Gasteiger charge is 2.17. The molecule has 0 fully saturated rings. The summed E-state index contributed by atoms with van der Waals surface area (Å²) >= 11 is 5.68. The molecular formula is C8H9Cl2NO3. The molecular weight excluding hydrogens is 229 g/mol. The number of aromatic hydroxyl groups is 1. The summed E-state index contributed by atoms with van der Waals surface area (Å²) in [6, 6.07) is 2.79. The first-order valence-corrected chi connectivity index (χ1v) is 3.87. The Kier molecular flexibility index (Phi) is 4.70. The van der Waals surface area contributed by atoms with Crippen LogP contribution >= 0.6 is 24.0 Å². The molecule has 0 saturated heterocycles. The molecule has 1 unspecified atom stereocenters. The topological polar surface area (TPSA) is 83.6 Å². The van der Waals surface area contributed by atoms with Crippen LogP contribution in [0.5, 0.6) is 5.75 Å². The van der Waals surface area contributed by atoms with Crippen LogP contribution < -0.4 is 5.73 Å². The van der Waals surface area contributed by atoms with Crippen molar-refractivity contribution < 1.29 is 15.0 Å². The van der Waals surface area contributed by atoms with Crippen molar-refractivity contribution in [1.82, 2.24) is 0 Å². The molecule has 6 heteroatoms. The van der Waals surface area contributed by atoms with Gasteiger partial charge in [0.15, 0.2) is 0 Å². The number of phenolic OH excluding ortho intramolecular Hbond substituents is 1. The Labute approximate surface area is 91.7 Å². The Bertz CT molecular complexity index is 343. The molecule has 0 aliphatic carbocycles. The minimum absolute atomic E-state index is 0. The number of carbonyl (C=O) groups is 1. The molecule has 1 aromatic rings. The number of phenols is 1. The number of benzene rings is 1. The number of hydrogen-bond donors (Lipinski definition) is 3. The summed E-state index contributed by atoms with van der Waals surface area (Å²) in [4.78, 5) is 10.5. The van der Waals surface area contributed by atoms with Crippen LogP contribution in [0.2, 0.25) is 5.02 Å². The molecule has 0 heterocycles. The average Bonchev–Trinajstić information content (AvgIpc) is 2.08. The maximum Gasteiger partial charge on any atom is 0.325 e. The lowest BCUT2D eigenvalue weighted by Crippen LogP contribution is -2.20. The van der Waals surface area contributed by atoms with Gasteiger partial charge in [0, 0.05) is 10.6 Å². The smallest absolute Gasteiger partial charge is 0.325 e. The summed E-state index contributed by atoms with van der Waals surface area (Å²) in [6.07, 6.45) is 0. The highest BCUT2D eigenvalue weighted by atomic mass is 35.5. The van der Waals surface area contributed by atoms with E-state index >= 15 is 0 Å². The Hall–Kier alpha value is -0.970. The third kappa shape index (κ3) is 2.77. The molecule has 0 saturated carbocycles. The molecule has 0 aliphatic rings. The fourth-order valence-electron chi connectivity index (χ4n) is 0.903. The van der Waals surface area contributed by atoms with Crippen LogP contribution in [-0.2, 0) is 4.79 Å². The molecule has 1 atom stereocenters.